The lowest BCUT2D eigenvalue weighted by atomic mass is 10.2. The number of nitrogens with one attached hydrogen (secondary N) is 1. The van der Waals surface area contributed by atoms with Gasteiger partial charge in [-0.1, -0.05) is 36.8 Å². The van der Waals surface area contributed by atoms with E-state index in [0.29, 0.717) is 12.4 Å². The van der Waals surface area contributed by atoms with Gasteiger partial charge in [0.05, 0.1) is 12.8 Å². The lowest BCUT2D eigenvalue weighted by molar-refractivity contribution is -0.123. The van der Waals surface area contributed by atoms with Crippen molar-refractivity contribution in [3.05, 3.63) is 59.7 Å². The maximum atomic E-state index is 11.7. The largest absolute Gasteiger partial charge is 0.493 e. The Kier molecular flexibility index (Phi) is 6.83. The summed E-state index contributed by atoms with van der Waals surface area (Å²) in [7, 11) is 0. The van der Waals surface area contributed by atoms with E-state index < -0.39 is 0 Å². The molecule has 2 aromatic carbocycles. The number of aryl methyl sites for hydroxylation is 1. The fourth-order valence-corrected chi connectivity index (χ4v) is 1.92. The third-order valence-electron chi connectivity index (χ3n) is 3.16. The molecule has 0 bridgehead atoms. The van der Waals surface area contributed by atoms with E-state index >= 15 is 0 Å². The number of amides is 1. The van der Waals surface area contributed by atoms with Crippen LogP contribution in [0.15, 0.2) is 53.6 Å². The first-order chi connectivity index (χ1) is 11.7. The summed E-state index contributed by atoms with van der Waals surface area (Å²) < 4.78 is 11.0. The Balaban J connectivity index is 1.82. The highest BCUT2D eigenvalue weighted by atomic mass is 16.5. The Morgan fingerprint density at radius 1 is 1.12 bits per heavy atom. The van der Waals surface area contributed by atoms with Crippen molar-refractivity contribution in [2.75, 3.05) is 13.2 Å². The highest BCUT2D eigenvalue weighted by molar-refractivity contribution is 5.85. The van der Waals surface area contributed by atoms with E-state index in [1.54, 1.807) is 6.21 Å². The second-order valence-corrected chi connectivity index (χ2v) is 5.28. The van der Waals surface area contributed by atoms with E-state index in [1.165, 1.54) is 0 Å². The molecule has 2 aromatic rings. The molecule has 0 unspecified atom stereocenters. The molecule has 126 valence electrons. The van der Waals surface area contributed by atoms with Gasteiger partial charge in [-0.05, 0) is 37.6 Å². The van der Waals surface area contributed by atoms with Gasteiger partial charge in [-0.2, -0.15) is 5.10 Å². The second kappa shape index (κ2) is 9.35. The predicted octanol–water partition coefficient (Wildman–Crippen LogP) is 3.31. The zero-order chi connectivity index (χ0) is 17.2. The molecule has 0 saturated carbocycles. The zero-order valence-corrected chi connectivity index (χ0v) is 14.0. The number of benzene rings is 2. The number of hydrazone groups is 1. The summed E-state index contributed by atoms with van der Waals surface area (Å²) in [5.74, 6) is 1.07. The van der Waals surface area contributed by atoms with Crippen LogP contribution in [-0.4, -0.2) is 25.3 Å². The van der Waals surface area contributed by atoms with Crippen LogP contribution in [0.2, 0.25) is 0 Å². The minimum absolute atomic E-state index is 0.0889. The van der Waals surface area contributed by atoms with Gasteiger partial charge >= 0.3 is 0 Å². The van der Waals surface area contributed by atoms with Crippen molar-refractivity contribution in [1.29, 1.82) is 0 Å². The first kappa shape index (κ1) is 17.5. The Morgan fingerprint density at radius 3 is 2.62 bits per heavy atom. The number of carbonyl (C=O) groups is 1. The fraction of sp³-hybridized carbons (Fsp3) is 0.263. The van der Waals surface area contributed by atoms with Gasteiger partial charge in [0, 0.05) is 5.56 Å². The summed E-state index contributed by atoms with van der Waals surface area (Å²) >= 11 is 0. The normalized spacial score (nSPS) is 10.6. The molecule has 1 amide bonds. The molecular formula is C19H22N2O3. The van der Waals surface area contributed by atoms with Crippen LogP contribution in [0.4, 0.5) is 0 Å². The van der Waals surface area contributed by atoms with E-state index in [2.05, 4.69) is 10.5 Å². The van der Waals surface area contributed by atoms with Crippen LogP contribution < -0.4 is 14.9 Å². The van der Waals surface area contributed by atoms with Crippen molar-refractivity contribution in [3.63, 3.8) is 0 Å². The first-order valence-corrected chi connectivity index (χ1v) is 7.92. The van der Waals surface area contributed by atoms with E-state index in [-0.39, 0.29) is 12.5 Å². The van der Waals surface area contributed by atoms with Crippen molar-refractivity contribution >= 4 is 12.1 Å². The van der Waals surface area contributed by atoms with Crippen LogP contribution in [0.25, 0.3) is 0 Å². The predicted molar refractivity (Wildman–Crippen MR) is 94.6 cm³/mol. The average Bonchev–Trinajstić information content (AvgIpc) is 2.60. The highest BCUT2D eigenvalue weighted by Gasteiger charge is 2.02. The van der Waals surface area contributed by atoms with Crippen LogP contribution in [0.3, 0.4) is 0 Å². The summed E-state index contributed by atoms with van der Waals surface area (Å²) in [5.41, 5.74) is 4.40. The number of nitrogens with zero attached hydrogens (tertiary/aromatic N) is 1. The van der Waals surface area contributed by atoms with Gasteiger partial charge in [0.15, 0.2) is 6.61 Å². The van der Waals surface area contributed by atoms with Crippen LogP contribution in [0.5, 0.6) is 11.5 Å². The van der Waals surface area contributed by atoms with Crippen LogP contribution in [0, 0.1) is 6.92 Å². The first-order valence-electron chi connectivity index (χ1n) is 7.92. The lowest BCUT2D eigenvalue weighted by Crippen LogP contribution is -2.24. The van der Waals surface area contributed by atoms with Crippen molar-refractivity contribution in [1.82, 2.24) is 5.43 Å². The zero-order valence-electron chi connectivity index (χ0n) is 14.0. The highest BCUT2D eigenvalue weighted by Crippen LogP contribution is 2.16. The molecule has 24 heavy (non-hydrogen) atoms. The summed E-state index contributed by atoms with van der Waals surface area (Å²) in [6.45, 7) is 4.59. The Labute approximate surface area is 142 Å². The quantitative estimate of drug-likeness (QED) is 0.598. The number of hydrogen-bond donors (Lipinski definition) is 1. The van der Waals surface area contributed by atoms with Crippen LogP contribution in [-0.2, 0) is 4.79 Å². The Morgan fingerprint density at radius 2 is 1.88 bits per heavy atom. The molecule has 0 aliphatic heterocycles. The molecule has 0 aliphatic carbocycles. The van der Waals surface area contributed by atoms with Crippen LogP contribution >= 0.6 is 0 Å². The van der Waals surface area contributed by atoms with Gasteiger partial charge in [0.2, 0.25) is 0 Å². The monoisotopic (exact) mass is 326 g/mol. The summed E-state index contributed by atoms with van der Waals surface area (Å²) in [4.78, 5) is 11.7. The van der Waals surface area contributed by atoms with Gasteiger partial charge in [-0.25, -0.2) is 5.43 Å². The smallest absolute Gasteiger partial charge is 0.277 e. The van der Waals surface area contributed by atoms with Gasteiger partial charge in [0.25, 0.3) is 5.91 Å². The van der Waals surface area contributed by atoms with E-state index in [9.17, 15) is 4.79 Å². The second-order valence-electron chi connectivity index (χ2n) is 5.28. The molecule has 0 atom stereocenters. The lowest BCUT2D eigenvalue weighted by Gasteiger charge is -2.07. The molecular weight excluding hydrogens is 304 g/mol. The third kappa shape index (κ3) is 5.76. The molecule has 1 N–H and O–H groups in total. The SMILES string of the molecule is CCCOc1ccccc1/C=N\NC(=O)COc1ccc(C)cc1. The van der Waals surface area contributed by atoms with Crippen molar-refractivity contribution in [2.45, 2.75) is 20.3 Å². The Bertz CT molecular complexity index is 681. The molecule has 0 aliphatic rings. The molecule has 0 radical (unpaired) electrons. The number of hydrogen-bond acceptors (Lipinski definition) is 4. The van der Waals surface area contributed by atoms with E-state index in [1.807, 2.05) is 62.4 Å². The van der Waals surface area contributed by atoms with Crippen molar-refractivity contribution < 1.29 is 14.3 Å². The molecule has 0 saturated heterocycles. The van der Waals surface area contributed by atoms with Gasteiger partial charge < -0.3 is 9.47 Å². The van der Waals surface area contributed by atoms with Gasteiger partial charge in [-0.15, -0.1) is 0 Å². The number of para-hydroxylation sites is 1. The number of carbonyl (C=O) groups excluding carboxylic acids is 1. The molecule has 5 heteroatoms. The van der Waals surface area contributed by atoms with Gasteiger partial charge in [-0.3, -0.25) is 4.79 Å². The molecule has 2 rings (SSSR count). The summed E-state index contributed by atoms with van der Waals surface area (Å²) in [6, 6.07) is 15.1. The van der Waals surface area contributed by atoms with Crippen LogP contribution in [0.1, 0.15) is 24.5 Å². The van der Waals surface area contributed by atoms with E-state index in [4.69, 9.17) is 9.47 Å². The molecule has 0 spiro atoms. The topological polar surface area (TPSA) is 59.9 Å². The minimum atomic E-state index is -0.321. The number of ether oxygens (including phenoxy) is 2. The minimum Gasteiger partial charge on any atom is -0.493 e. The average molecular weight is 326 g/mol. The summed E-state index contributed by atoms with van der Waals surface area (Å²) in [6.07, 6.45) is 2.49. The third-order valence-corrected chi connectivity index (χ3v) is 3.16. The number of rotatable bonds is 8. The fourth-order valence-electron chi connectivity index (χ4n) is 1.92. The van der Waals surface area contributed by atoms with Crippen molar-refractivity contribution in [2.24, 2.45) is 5.10 Å². The van der Waals surface area contributed by atoms with Crippen molar-refractivity contribution in [3.8, 4) is 11.5 Å². The maximum Gasteiger partial charge on any atom is 0.277 e. The molecule has 5 nitrogen and oxygen atoms in total. The molecule has 0 heterocycles. The standard InChI is InChI=1S/C19H22N2O3/c1-3-12-23-18-7-5-4-6-16(18)13-20-21-19(22)14-24-17-10-8-15(2)9-11-17/h4-11,13H,3,12,14H2,1-2H3,(H,21,22)/b20-13-. The maximum absolute atomic E-state index is 11.7. The molecule has 0 aromatic heterocycles. The summed E-state index contributed by atoms with van der Waals surface area (Å²) in [5, 5.41) is 3.95. The Hall–Kier alpha value is -2.82. The van der Waals surface area contributed by atoms with Gasteiger partial charge in [0.1, 0.15) is 11.5 Å². The molecule has 0 fully saturated rings. The van der Waals surface area contributed by atoms with E-state index in [0.717, 1.165) is 23.3 Å².